The van der Waals surface area contributed by atoms with E-state index in [1.807, 2.05) is 64.5 Å². The fourth-order valence-electron chi connectivity index (χ4n) is 5.87. The minimum Gasteiger partial charge on any atom is -0.340 e. The molecule has 0 aliphatic carbocycles. The van der Waals surface area contributed by atoms with Crippen molar-refractivity contribution in [3.05, 3.63) is 90.1 Å². The molecule has 0 saturated carbocycles. The molecule has 0 radical (unpaired) electrons. The second kappa shape index (κ2) is 10.3. The van der Waals surface area contributed by atoms with Crippen molar-refractivity contribution in [2.75, 3.05) is 39.3 Å². The lowest BCUT2D eigenvalue weighted by atomic mass is 9.95. The fraction of sp³-hybridized carbons (Fsp3) is 0.323. The van der Waals surface area contributed by atoms with E-state index >= 15 is 0 Å². The van der Waals surface area contributed by atoms with Crippen molar-refractivity contribution in [3.8, 4) is 0 Å². The summed E-state index contributed by atoms with van der Waals surface area (Å²) in [4.78, 5) is 37.8. The second-order valence-electron chi connectivity index (χ2n) is 10.2. The summed E-state index contributed by atoms with van der Waals surface area (Å²) in [6, 6.07) is 24.3. The topological polar surface area (TPSA) is 56.8 Å². The van der Waals surface area contributed by atoms with E-state index in [0.29, 0.717) is 13.1 Å². The highest BCUT2D eigenvalue weighted by molar-refractivity contribution is 6.07. The normalized spacial score (nSPS) is 18.9. The number of piperidine rings is 1. The molecule has 3 aromatic carbocycles. The Balaban J connectivity index is 1.08. The van der Waals surface area contributed by atoms with Gasteiger partial charge in [-0.05, 0) is 41.3 Å². The van der Waals surface area contributed by atoms with E-state index < -0.39 is 0 Å². The first-order valence-electron chi connectivity index (χ1n) is 13.3. The highest BCUT2D eigenvalue weighted by atomic mass is 16.2. The Morgan fingerprint density at radius 3 is 2.43 bits per heavy atom. The van der Waals surface area contributed by atoms with Gasteiger partial charge in [-0.25, -0.2) is 0 Å². The number of benzene rings is 3. The molecule has 2 fully saturated rings. The largest absolute Gasteiger partial charge is 0.340 e. The van der Waals surface area contributed by atoms with Crippen molar-refractivity contribution < 1.29 is 9.59 Å². The van der Waals surface area contributed by atoms with E-state index in [4.69, 9.17) is 0 Å². The van der Waals surface area contributed by atoms with Crippen LogP contribution in [0.4, 0.5) is 0 Å². The average molecular weight is 493 g/mol. The number of likely N-dealkylation sites (tertiary alicyclic amines) is 1. The van der Waals surface area contributed by atoms with Crippen LogP contribution in [0, 0.1) is 5.92 Å². The number of fused-ring (bicyclic) bond motifs is 2. The SMILES string of the molecule is O=C(c1cccc2ccccc12)N1CCCC(C(=O)N2CCN(Cc3cccc4cccnc34)CC2)C1. The zero-order chi connectivity index (χ0) is 25.2. The first kappa shape index (κ1) is 23.6. The maximum absolute atomic E-state index is 13.5. The number of carbonyl (C=O) groups excluding carboxylic acids is 2. The number of aromatic nitrogens is 1. The molecule has 37 heavy (non-hydrogen) atoms. The quantitative estimate of drug-likeness (QED) is 0.418. The van der Waals surface area contributed by atoms with Crippen molar-refractivity contribution in [3.63, 3.8) is 0 Å². The molecule has 0 spiro atoms. The maximum atomic E-state index is 13.5. The third-order valence-corrected chi connectivity index (χ3v) is 7.87. The zero-order valence-electron chi connectivity index (χ0n) is 21.1. The minimum atomic E-state index is -0.124. The van der Waals surface area contributed by atoms with Crippen LogP contribution in [0.1, 0.15) is 28.8 Å². The van der Waals surface area contributed by atoms with E-state index in [0.717, 1.165) is 72.8 Å². The second-order valence-corrected chi connectivity index (χ2v) is 10.2. The van der Waals surface area contributed by atoms with Gasteiger partial charge in [0.25, 0.3) is 5.91 Å². The number of piperazine rings is 1. The number of carbonyl (C=O) groups is 2. The predicted octanol–water partition coefficient (Wildman–Crippen LogP) is 4.58. The monoisotopic (exact) mass is 492 g/mol. The predicted molar refractivity (Wildman–Crippen MR) is 146 cm³/mol. The molecule has 2 amide bonds. The molecule has 2 saturated heterocycles. The molecule has 0 N–H and O–H groups in total. The number of para-hydroxylation sites is 1. The Kier molecular flexibility index (Phi) is 6.58. The van der Waals surface area contributed by atoms with Gasteiger partial charge in [-0.2, -0.15) is 0 Å². The molecule has 1 atom stereocenters. The van der Waals surface area contributed by atoms with Gasteiger partial charge in [-0.3, -0.25) is 19.5 Å². The molecule has 188 valence electrons. The Labute approximate surface area is 217 Å². The van der Waals surface area contributed by atoms with Crippen LogP contribution in [0.5, 0.6) is 0 Å². The number of hydrogen-bond donors (Lipinski definition) is 0. The lowest BCUT2D eigenvalue weighted by Gasteiger charge is -2.39. The molecule has 4 aromatic rings. The summed E-state index contributed by atoms with van der Waals surface area (Å²) in [7, 11) is 0. The minimum absolute atomic E-state index is 0.0304. The zero-order valence-corrected chi connectivity index (χ0v) is 21.1. The summed E-state index contributed by atoms with van der Waals surface area (Å²) in [5.74, 6) is 0.103. The van der Waals surface area contributed by atoms with Crippen LogP contribution in [-0.4, -0.2) is 70.8 Å². The summed E-state index contributed by atoms with van der Waals surface area (Å²) >= 11 is 0. The van der Waals surface area contributed by atoms with Crippen LogP contribution in [0.25, 0.3) is 21.7 Å². The fourth-order valence-corrected chi connectivity index (χ4v) is 5.87. The third-order valence-electron chi connectivity index (χ3n) is 7.87. The highest BCUT2D eigenvalue weighted by Crippen LogP contribution is 2.25. The van der Waals surface area contributed by atoms with E-state index in [-0.39, 0.29) is 17.7 Å². The van der Waals surface area contributed by atoms with Crippen LogP contribution >= 0.6 is 0 Å². The average Bonchev–Trinajstić information content (AvgIpc) is 2.97. The van der Waals surface area contributed by atoms with Gasteiger partial charge in [0, 0.05) is 63.0 Å². The molecule has 0 bridgehead atoms. The van der Waals surface area contributed by atoms with Crippen LogP contribution in [0.15, 0.2) is 79.0 Å². The molecular formula is C31H32N4O2. The lowest BCUT2D eigenvalue weighted by molar-refractivity contribution is -0.138. The van der Waals surface area contributed by atoms with Gasteiger partial charge in [0.05, 0.1) is 11.4 Å². The lowest BCUT2D eigenvalue weighted by Crippen LogP contribution is -2.52. The third kappa shape index (κ3) is 4.81. The Bertz CT molecular complexity index is 1430. The van der Waals surface area contributed by atoms with Crippen molar-refractivity contribution in [2.45, 2.75) is 19.4 Å². The summed E-state index contributed by atoms with van der Waals surface area (Å²) in [5.41, 5.74) is 3.01. The molecular weight excluding hydrogens is 460 g/mol. The first-order valence-corrected chi connectivity index (χ1v) is 13.3. The van der Waals surface area contributed by atoms with E-state index in [9.17, 15) is 9.59 Å². The van der Waals surface area contributed by atoms with Crippen molar-refractivity contribution in [1.29, 1.82) is 0 Å². The molecule has 3 heterocycles. The molecule has 6 nitrogen and oxygen atoms in total. The molecule has 2 aliphatic rings. The molecule has 1 unspecified atom stereocenters. The van der Waals surface area contributed by atoms with E-state index in [1.54, 1.807) is 0 Å². The van der Waals surface area contributed by atoms with Gasteiger partial charge in [0.1, 0.15) is 0 Å². The van der Waals surface area contributed by atoms with Crippen LogP contribution in [0.3, 0.4) is 0 Å². The van der Waals surface area contributed by atoms with Crippen LogP contribution in [-0.2, 0) is 11.3 Å². The van der Waals surface area contributed by atoms with E-state index in [1.165, 1.54) is 5.56 Å². The van der Waals surface area contributed by atoms with E-state index in [2.05, 4.69) is 34.1 Å². The number of hydrogen-bond acceptors (Lipinski definition) is 4. The standard InChI is InChI=1S/C31H32N4O2/c36-30(34-19-17-33(18-20-34)21-25-10-3-9-24-11-5-15-32-29(24)25)26-12-6-16-35(22-26)31(37)28-14-4-8-23-7-1-2-13-27(23)28/h1-5,7-11,13-15,26H,6,12,16-22H2. The summed E-state index contributed by atoms with van der Waals surface area (Å²) in [5, 5.41) is 3.20. The summed E-state index contributed by atoms with van der Waals surface area (Å²) < 4.78 is 0. The number of rotatable bonds is 4. The van der Waals surface area contributed by atoms with Gasteiger partial charge >= 0.3 is 0 Å². The van der Waals surface area contributed by atoms with Crippen LogP contribution < -0.4 is 0 Å². The Morgan fingerprint density at radius 2 is 1.54 bits per heavy atom. The van der Waals surface area contributed by atoms with Gasteiger partial charge in [0.2, 0.25) is 5.91 Å². The van der Waals surface area contributed by atoms with Crippen molar-refractivity contribution >= 4 is 33.5 Å². The van der Waals surface area contributed by atoms with Gasteiger partial charge in [0.15, 0.2) is 0 Å². The number of pyridine rings is 1. The maximum Gasteiger partial charge on any atom is 0.254 e. The number of amides is 2. The molecule has 1 aromatic heterocycles. The van der Waals surface area contributed by atoms with Crippen LogP contribution in [0.2, 0.25) is 0 Å². The number of nitrogens with zero attached hydrogens (tertiary/aromatic N) is 4. The Morgan fingerprint density at radius 1 is 0.784 bits per heavy atom. The smallest absolute Gasteiger partial charge is 0.254 e. The summed E-state index contributed by atoms with van der Waals surface area (Å²) in [6.07, 6.45) is 3.56. The highest BCUT2D eigenvalue weighted by Gasteiger charge is 2.33. The van der Waals surface area contributed by atoms with Gasteiger partial charge in [-0.15, -0.1) is 0 Å². The van der Waals surface area contributed by atoms with Crippen molar-refractivity contribution in [1.82, 2.24) is 19.7 Å². The molecule has 2 aliphatic heterocycles. The van der Waals surface area contributed by atoms with Gasteiger partial charge < -0.3 is 9.80 Å². The van der Waals surface area contributed by atoms with Gasteiger partial charge in [-0.1, -0.05) is 60.7 Å². The first-order chi connectivity index (χ1) is 18.2. The Hall–Kier alpha value is -3.77. The van der Waals surface area contributed by atoms with Crippen molar-refractivity contribution in [2.24, 2.45) is 5.92 Å². The molecule has 6 rings (SSSR count). The summed E-state index contributed by atoms with van der Waals surface area (Å²) in [6.45, 7) is 5.20. The molecule has 6 heteroatoms.